The number of likely N-dealkylation sites (tertiary alicyclic amines) is 1. The zero-order valence-electron chi connectivity index (χ0n) is 13.2. The van der Waals surface area contributed by atoms with E-state index < -0.39 is 29.5 Å². The minimum absolute atomic E-state index is 0.144. The molecule has 1 aromatic rings. The highest BCUT2D eigenvalue weighted by atomic mass is 19.4. The van der Waals surface area contributed by atoms with E-state index in [0.29, 0.717) is 32.5 Å². The Morgan fingerprint density at radius 3 is 2.08 bits per heavy atom. The Morgan fingerprint density at radius 1 is 1.08 bits per heavy atom. The summed E-state index contributed by atoms with van der Waals surface area (Å²) in [7, 11) is 0. The minimum atomic E-state index is -4.95. The number of alkyl halides is 3. The van der Waals surface area contributed by atoms with Gasteiger partial charge in [-0.15, -0.1) is 0 Å². The van der Waals surface area contributed by atoms with Crippen LogP contribution in [0.3, 0.4) is 0 Å². The van der Waals surface area contributed by atoms with Crippen LogP contribution in [0.5, 0.6) is 0 Å². The average Bonchev–Trinajstić information content (AvgIpc) is 2.58. The van der Waals surface area contributed by atoms with E-state index in [4.69, 9.17) is 5.11 Å². The highest BCUT2D eigenvalue weighted by molar-refractivity contribution is 6.01. The van der Waals surface area contributed by atoms with E-state index in [2.05, 4.69) is 5.32 Å². The maximum absolute atomic E-state index is 12.3. The number of piperidine rings is 1. The summed E-state index contributed by atoms with van der Waals surface area (Å²) < 4.78 is 37.0. The van der Waals surface area contributed by atoms with Crippen molar-refractivity contribution in [1.29, 1.82) is 0 Å². The van der Waals surface area contributed by atoms with Gasteiger partial charge in [0.25, 0.3) is 11.7 Å². The van der Waals surface area contributed by atoms with Gasteiger partial charge in [0.1, 0.15) is 0 Å². The third-order valence-corrected chi connectivity index (χ3v) is 4.10. The molecule has 9 heteroatoms. The zero-order valence-corrected chi connectivity index (χ0v) is 13.2. The smallest absolute Gasteiger partial charge is 0.454 e. The first kappa shape index (κ1) is 18.8. The number of carbonyl (C=O) groups excluding carboxylic acids is 2. The van der Waals surface area contributed by atoms with Crippen LogP contribution in [0.1, 0.15) is 33.6 Å². The summed E-state index contributed by atoms with van der Waals surface area (Å²) in [5.74, 6) is -2.26. The topological polar surface area (TPSA) is 86.7 Å². The third kappa shape index (κ3) is 4.94. The van der Waals surface area contributed by atoms with Crippen molar-refractivity contribution < 1.29 is 32.7 Å². The molecule has 1 aromatic carbocycles. The van der Waals surface area contributed by atoms with Crippen LogP contribution in [0.15, 0.2) is 24.3 Å². The lowest BCUT2D eigenvalue weighted by Crippen LogP contribution is -2.40. The number of rotatable bonds is 4. The summed E-state index contributed by atoms with van der Waals surface area (Å²) in [6.45, 7) is 1.17. The van der Waals surface area contributed by atoms with Crippen molar-refractivity contribution in [3.05, 3.63) is 35.4 Å². The second-order valence-corrected chi connectivity index (χ2v) is 5.83. The van der Waals surface area contributed by atoms with Crippen molar-refractivity contribution in [2.45, 2.75) is 19.0 Å². The number of halogens is 3. The lowest BCUT2D eigenvalue weighted by Gasteiger charge is -2.29. The molecule has 2 N–H and O–H groups in total. The van der Waals surface area contributed by atoms with Crippen molar-refractivity contribution >= 4 is 17.8 Å². The molecule has 0 aliphatic carbocycles. The van der Waals surface area contributed by atoms with Gasteiger partial charge in [-0.25, -0.2) is 4.79 Å². The number of ketones is 1. The van der Waals surface area contributed by atoms with E-state index in [-0.39, 0.29) is 11.5 Å². The van der Waals surface area contributed by atoms with Gasteiger partial charge < -0.3 is 15.3 Å². The number of nitrogens with zero attached hydrogens (tertiary/aromatic N) is 1. The fourth-order valence-electron chi connectivity index (χ4n) is 2.60. The summed E-state index contributed by atoms with van der Waals surface area (Å²) in [6, 6.07) is 4.27. The number of Topliss-reactive ketones (excluding diaryl/α,β-unsaturated/α-hetero) is 1. The molecule has 0 bridgehead atoms. The number of carbonyl (C=O) groups is 3. The van der Waals surface area contributed by atoms with Crippen molar-refractivity contribution in [2.75, 3.05) is 19.6 Å². The molecular formula is C16H17F3N2O4. The van der Waals surface area contributed by atoms with Crippen LogP contribution in [0.25, 0.3) is 0 Å². The first-order valence-electron chi connectivity index (χ1n) is 7.66. The normalized spacial score (nSPS) is 15.7. The van der Waals surface area contributed by atoms with E-state index in [1.165, 1.54) is 17.0 Å². The Kier molecular flexibility index (Phi) is 5.66. The van der Waals surface area contributed by atoms with Gasteiger partial charge in [0, 0.05) is 30.8 Å². The van der Waals surface area contributed by atoms with E-state index in [0.717, 1.165) is 12.1 Å². The van der Waals surface area contributed by atoms with Crippen LogP contribution >= 0.6 is 0 Å². The first-order valence-corrected chi connectivity index (χ1v) is 7.66. The van der Waals surface area contributed by atoms with Crippen LogP contribution in [-0.4, -0.2) is 53.6 Å². The first-order chi connectivity index (χ1) is 11.7. The highest BCUT2D eigenvalue weighted by Gasteiger charge is 2.39. The van der Waals surface area contributed by atoms with Crippen LogP contribution in [0.4, 0.5) is 18.0 Å². The molecule has 6 nitrogen and oxygen atoms in total. The lowest BCUT2D eigenvalue weighted by molar-refractivity contribution is -0.0885. The van der Waals surface area contributed by atoms with Crippen molar-refractivity contribution in [1.82, 2.24) is 10.2 Å². The van der Waals surface area contributed by atoms with Crippen LogP contribution in [0, 0.1) is 5.92 Å². The Bertz CT molecular complexity index is 650. The molecule has 1 aliphatic heterocycles. The predicted octanol–water partition coefficient (Wildman–Crippen LogP) is 2.55. The second kappa shape index (κ2) is 7.54. The molecule has 25 heavy (non-hydrogen) atoms. The molecule has 0 aromatic heterocycles. The number of hydrogen-bond donors (Lipinski definition) is 2. The summed E-state index contributed by atoms with van der Waals surface area (Å²) in [5.41, 5.74) is -0.369. The van der Waals surface area contributed by atoms with Gasteiger partial charge >= 0.3 is 12.3 Å². The maximum Gasteiger partial charge on any atom is 0.454 e. The standard InChI is InChI=1S/C16H17F3N2O4/c17-16(18,19)13(22)11-1-3-12(4-2-11)14(23)20-9-10-5-7-21(8-6-10)15(24)25/h1-4,10H,5-9H2,(H,20,23)(H,24,25). The van der Waals surface area contributed by atoms with Crippen molar-refractivity contribution in [3.63, 3.8) is 0 Å². The minimum Gasteiger partial charge on any atom is -0.465 e. The number of nitrogens with one attached hydrogen (secondary N) is 1. The van der Waals surface area contributed by atoms with Gasteiger partial charge in [0.05, 0.1) is 0 Å². The molecule has 0 unspecified atom stereocenters. The number of benzene rings is 1. The fraction of sp³-hybridized carbons (Fsp3) is 0.438. The van der Waals surface area contributed by atoms with Crippen LogP contribution in [0.2, 0.25) is 0 Å². The molecule has 1 fully saturated rings. The number of carboxylic acid groups (broad SMARTS) is 1. The molecule has 0 radical (unpaired) electrons. The summed E-state index contributed by atoms with van der Waals surface area (Å²) in [6.07, 6.45) is -4.65. The van der Waals surface area contributed by atoms with E-state index in [1.54, 1.807) is 0 Å². The lowest BCUT2D eigenvalue weighted by atomic mass is 9.97. The van der Waals surface area contributed by atoms with Crippen molar-refractivity contribution in [3.8, 4) is 0 Å². The highest BCUT2D eigenvalue weighted by Crippen LogP contribution is 2.21. The zero-order chi connectivity index (χ0) is 18.6. The van der Waals surface area contributed by atoms with Gasteiger partial charge in [-0.1, -0.05) is 12.1 Å². The molecular weight excluding hydrogens is 341 g/mol. The van der Waals surface area contributed by atoms with Crippen LogP contribution < -0.4 is 5.32 Å². The Labute approximate surface area is 141 Å². The molecule has 0 spiro atoms. The molecule has 1 aliphatic rings. The molecule has 2 amide bonds. The Hall–Kier alpha value is -2.58. The van der Waals surface area contributed by atoms with E-state index in [9.17, 15) is 27.6 Å². The van der Waals surface area contributed by atoms with Gasteiger partial charge in [-0.05, 0) is 30.9 Å². The number of hydrogen-bond acceptors (Lipinski definition) is 3. The molecule has 136 valence electrons. The predicted molar refractivity (Wildman–Crippen MR) is 81.5 cm³/mol. The van der Waals surface area contributed by atoms with E-state index >= 15 is 0 Å². The van der Waals surface area contributed by atoms with E-state index in [1.807, 2.05) is 0 Å². The fourth-order valence-corrected chi connectivity index (χ4v) is 2.60. The number of amides is 2. The summed E-state index contributed by atoms with van der Waals surface area (Å²) in [4.78, 5) is 35.2. The summed E-state index contributed by atoms with van der Waals surface area (Å²) >= 11 is 0. The molecule has 1 heterocycles. The summed E-state index contributed by atoms with van der Waals surface area (Å²) in [5, 5.41) is 11.5. The van der Waals surface area contributed by atoms with Gasteiger partial charge in [-0.2, -0.15) is 13.2 Å². The van der Waals surface area contributed by atoms with Crippen LogP contribution in [-0.2, 0) is 0 Å². The maximum atomic E-state index is 12.3. The SMILES string of the molecule is O=C(NCC1CCN(C(=O)O)CC1)c1ccc(C(=O)C(F)(F)F)cc1. The monoisotopic (exact) mass is 358 g/mol. The van der Waals surface area contributed by atoms with Crippen molar-refractivity contribution in [2.24, 2.45) is 5.92 Å². The second-order valence-electron chi connectivity index (χ2n) is 5.83. The average molecular weight is 358 g/mol. The third-order valence-electron chi connectivity index (χ3n) is 4.10. The molecule has 2 rings (SSSR count). The Morgan fingerprint density at radius 2 is 1.60 bits per heavy atom. The molecule has 0 atom stereocenters. The molecule has 1 saturated heterocycles. The quantitative estimate of drug-likeness (QED) is 0.810. The Balaban J connectivity index is 1.85. The van der Waals surface area contributed by atoms with Gasteiger partial charge in [0.15, 0.2) is 0 Å². The largest absolute Gasteiger partial charge is 0.465 e. The van der Waals surface area contributed by atoms with Gasteiger partial charge in [-0.3, -0.25) is 9.59 Å². The van der Waals surface area contributed by atoms with Gasteiger partial charge in [0.2, 0.25) is 0 Å². The molecule has 0 saturated carbocycles.